The summed E-state index contributed by atoms with van der Waals surface area (Å²) in [5.41, 5.74) is 2.59. The van der Waals surface area contributed by atoms with Gasteiger partial charge in [0, 0.05) is 44.3 Å². The molecule has 2 aliphatic heterocycles. The average Bonchev–Trinajstić information content (AvgIpc) is 2.99. The summed E-state index contributed by atoms with van der Waals surface area (Å²) < 4.78 is 10.7. The van der Waals surface area contributed by atoms with Crippen molar-refractivity contribution in [2.24, 2.45) is 10.9 Å². The third-order valence-electron chi connectivity index (χ3n) is 6.83. The number of benzene rings is 2. The third kappa shape index (κ3) is 8.01. The molecule has 214 valence electrons. The molecule has 2 aliphatic rings. The van der Waals surface area contributed by atoms with E-state index in [-0.39, 0.29) is 25.0 Å². The van der Waals surface area contributed by atoms with E-state index in [0.29, 0.717) is 25.9 Å². The molecule has 2 aromatic carbocycles. The number of nitrogens with one attached hydrogen (secondary N) is 4. The predicted octanol–water partition coefficient (Wildman–Crippen LogP) is 2.17. The lowest BCUT2D eigenvalue weighted by molar-refractivity contribution is -0.139. The van der Waals surface area contributed by atoms with E-state index in [0.717, 1.165) is 48.2 Å². The van der Waals surface area contributed by atoms with Crippen LogP contribution in [-0.4, -0.2) is 74.9 Å². The number of carbonyl (C=O) groups excluding carboxylic acids is 2. The maximum atomic E-state index is 12.8. The van der Waals surface area contributed by atoms with Gasteiger partial charge in [-0.25, -0.2) is 9.59 Å². The van der Waals surface area contributed by atoms with Gasteiger partial charge in [-0.3, -0.25) is 9.79 Å². The molecule has 0 aromatic heterocycles. The highest BCUT2D eigenvalue weighted by molar-refractivity contribution is 5.94. The van der Waals surface area contributed by atoms with Crippen LogP contribution in [0.3, 0.4) is 0 Å². The molecule has 40 heavy (non-hydrogen) atoms. The molecular weight excluding hydrogens is 516 g/mol. The fourth-order valence-electron chi connectivity index (χ4n) is 4.60. The van der Waals surface area contributed by atoms with Crippen LogP contribution < -0.4 is 30.9 Å². The van der Waals surface area contributed by atoms with E-state index in [1.165, 1.54) is 0 Å². The number of amides is 2. The molecule has 0 spiro atoms. The van der Waals surface area contributed by atoms with E-state index in [1.54, 1.807) is 19.2 Å². The molecule has 12 nitrogen and oxygen atoms in total. The smallest absolute Gasteiger partial charge is 0.408 e. The zero-order valence-electron chi connectivity index (χ0n) is 22.5. The summed E-state index contributed by atoms with van der Waals surface area (Å²) in [5.74, 6) is -0.294. The average molecular weight is 553 g/mol. The number of hydrogen-bond donors (Lipinski definition) is 5. The van der Waals surface area contributed by atoms with Crippen LogP contribution in [0.5, 0.6) is 5.75 Å². The molecule has 2 aromatic rings. The second-order valence-corrected chi connectivity index (χ2v) is 9.63. The zero-order valence-corrected chi connectivity index (χ0v) is 22.5. The Morgan fingerprint density at radius 1 is 1.15 bits per heavy atom. The maximum absolute atomic E-state index is 12.8. The normalized spacial score (nSPS) is 16.1. The number of ether oxygens (including phenoxy) is 2. The number of nitrogens with zero attached hydrogens (tertiary/aromatic N) is 2. The van der Waals surface area contributed by atoms with Crippen molar-refractivity contribution in [2.75, 3.05) is 50.1 Å². The number of carboxylic acids is 1. The Kier molecular flexibility index (Phi) is 10.0. The van der Waals surface area contributed by atoms with Crippen molar-refractivity contribution in [1.29, 1.82) is 0 Å². The van der Waals surface area contributed by atoms with E-state index >= 15 is 0 Å². The van der Waals surface area contributed by atoms with Crippen LogP contribution in [-0.2, 0) is 20.9 Å². The summed E-state index contributed by atoms with van der Waals surface area (Å²) in [6.07, 6.45) is 1.32. The van der Waals surface area contributed by atoms with E-state index < -0.39 is 18.1 Å². The van der Waals surface area contributed by atoms with E-state index in [2.05, 4.69) is 31.2 Å². The molecule has 0 radical (unpaired) electrons. The number of rotatable bonds is 10. The summed E-state index contributed by atoms with van der Waals surface area (Å²) in [5, 5.41) is 21.1. The van der Waals surface area contributed by atoms with Crippen molar-refractivity contribution >= 4 is 35.3 Å². The molecule has 1 atom stereocenters. The summed E-state index contributed by atoms with van der Waals surface area (Å²) in [6, 6.07) is 13.6. The Labute approximate surface area is 233 Å². The lowest BCUT2D eigenvalue weighted by Gasteiger charge is -2.34. The minimum Gasteiger partial charge on any atom is -0.495 e. The molecule has 2 heterocycles. The lowest BCUT2D eigenvalue weighted by Crippen LogP contribution is -2.50. The van der Waals surface area contributed by atoms with Crippen molar-refractivity contribution in [3.63, 3.8) is 0 Å². The Morgan fingerprint density at radius 3 is 2.60 bits per heavy atom. The van der Waals surface area contributed by atoms with Crippen LogP contribution in [0.15, 0.2) is 53.5 Å². The monoisotopic (exact) mass is 552 g/mol. The first-order valence-electron chi connectivity index (χ1n) is 13.4. The number of piperidine rings is 1. The second kappa shape index (κ2) is 14.1. The number of alkyl carbamates (subject to hydrolysis) is 1. The summed E-state index contributed by atoms with van der Waals surface area (Å²) in [4.78, 5) is 43.2. The van der Waals surface area contributed by atoms with Gasteiger partial charge in [-0.1, -0.05) is 30.3 Å². The Balaban J connectivity index is 1.26. The van der Waals surface area contributed by atoms with E-state index in [1.807, 2.05) is 36.4 Å². The molecule has 1 fully saturated rings. The molecule has 0 aliphatic carbocycles. The number of carbonyl (C=O) groups is 3. The predicted molar refractivity (Wildman–Crippen MR) is 151 cm³/mol. The first-order chi connectivity index (χ1) is 19.4. The molecule has 4 rings (SSSR count). The number of aliphatic carboxylic acids is 1. The molecule has 0 bridgehead atoms. The van der Waals surface area contributed by atoms with Crippen LogP contribution in [0.25, 0.3) is 0 Å². The quantitative estimate of drug-likeness (QED) is 0.298. The molecule has 1 saturated heterocycles. The highest BCUT2D eigenvalue weighted by Crippen LogP contribution is 2.34. The summed E-state index contributed by atoms with van der Waals surface area (Å²) in [6.45, 7) is 2.70. The molecule has 0 unspecified atom stereocenters. The van der Waals surface area contributed by atoms with Gasteiger partial charge in [0.2, 0.25) is 5.91 Å². The molecule has 12 heteroatoms. The Morgan fingerprint density at radius 2 is 1.93 bits per heavy atom. The number of hydrogen-bond acceptors (Lipinski definition) is 9. The fraction of sp³-hybridized carbons (Fsp3) is 0.429. The topological polar surface area (TPSA) is 154 Å². The summed E-state index contributed by atoms with van der Waals surface area (Å²) in [7, 11) is 1.63. The van der Waals surface area contributed by atoms with Gasteiger partial charge in [0.05, 0.1) is 12.8 Å². The highest BCUT2D eigenvalue weighted by atomic mass is 16.5. The molecule has 5 N–H and O–H groups in total. The first-order valence-corrected chi connectivity index (χ1v) is 13.4. The van der Waals surface area contributed by atoms with Gasteiger partial charge in [-0.2, -0.15) is 0 Å². The van der Waals surface area contributed by atoms with E-state index in [4.69, 9.17) is 9.47 Å². The third-order valence-corrected chi connectivity index (χ3v) is 6.83. The number of carboxylic acid groups (broad SMARTS) is 1. The lowest BCUT2D eigenvalue weighted by atomic mass is 9.95. The van der Waals surface area contributed by atoms with Crippen molar-refractivity contribution in [1.82, 2.24) is 16.0 Å². The van der Waals surface area contributed by atoms with Crippen LogP contribution in [0.2, 0.25) is 0 Å². The maximum Gasteiger partial charge on any atom is 0.408 e. The number of anilines is 2. The van der Waals surface area contributed by atoms with Crippen molar-refractivity contribution in [3.05, 3.63) is 54.1 Å². The van der Waals surface area contributed by atoms with Crippen LogP contribution in [0.4, 0.5) is 16.2 Å². The minimum absolute atomic E-state index is 0.0132. The van der Waals surface area contributed by atoms with Gasteiger partial charge in [0.15, 0.2) is 5.96 Å². The van der Waals surface area contributed by atoms with Crippen LogP contribution >= 0.6 is 0 Å². The highest BCUT2D eigenvalue weighted by Gasteiger charge is 2.28. The molecule has 2 amide bonds. The summed E-state index contributed by atoms with van der Waals surface area (Å²) >= 11 is 0. The first kappa shape index (κ1) is 28.5. The van der Waals surface area contributed by atoms with Gasteiger partial charge < -0.3 is 40.7 Å². The van der Waals surface area contributed by atoms with Gasteiger partial charge in [0.1, 0.15) is 18.4 Å². The van der Waals surface area contributed by atoms with Crippen molar-refractivity contribution < 1.29 is 29.0 Å². The van der Waals surface area contributed by atoms with Gasteiger partial charge in [-0.15, -0.1) is 0 Å². The SMILES string of the molecule is COc1ccc(NC2=NCCCN2)cc1N1CCC(C(=O)NC[C@H](NC(=O)OCc2ccccc2)C(=O)O)CC1. The standard InChI is InChI=1S/C28H36N6O6/c1-39-24-9-8-21(32-27-29-12-5-13-30-27)16-23(24)34-14-10-20(11-15-34)25(35)31-17-22(26(36)37)33-28(38)40-18-19-6-3-2-4-7-19/h2-4,6-9,16,20,22H,5,10-15,17-18H2,1H3,(H,31,35)(H,33,38)(H,36,37)(H2,29,30,32)/t22-/m0/s1. The molecule has 0 saturated carbocycles. The minimum atomic E-state index is -1.31. The van der Waals surface area contributed by atoms with Crippen molar-refractivity contribution in [2.45, 2.75) is 31.9 Å². The number of methoxy groups -OCH3 is 1. The van der Waals surface area contributed by atoms with Gasteiger partial charge >= 0.3 is 12.1 Å². The Bertz CT molecular complexity index is 1200. The van der Waals surface area contributed by atoms with Gasteiger partial charge in [0.25, 0.3) is 0 Å². The van der Waals surface area contributed by atoms with Crippen molar-refractivity contribution in [3.8, 4) is 5.75 Å². The zero-order chi connectivity index (χ0) is 28.3. The van der Waals surface area contributed by atoms with Gasteiger partial charge in [-0.05, 0) is 43.0 Å². The molecular formula is C28H36N6O6. The largest absolute Gasteiger partial charge is 0.495 e. The van der Waals surface area contributed by atoms with Crippen LogP contribution in [0, 0.1) is 5.92 Å². The van der Waals surface area contributed by atoms with E-state index in [9.17, 15) is 19.5 Å². The Hall–Kier alpha value is -4.48. The van der Waals surface area contributed by atoms with Crippen LogP contribution in [0.1, 0.15) is 24.8 Å². The number of guanidine groups is 1. The fourth-order valence-corrected chi connectivity index (χ4v) is 4.60. The second-order valence-electron chi connectivity index (χ2n) is 9.63. The number of aliphatic imine (C=N–C) groups is 1.